The van der Waals surface area contributed by atoms with E-state index >= 15 is 0 Å². The van der Waals surface area contributed by atoms with Gasteiger partial charge in [0.05, 0.1) is 5.69 Å². The summed E-state index contributed by atoms with van der Waals surface area (Å²) in [5.74, 6) is 0. The van der Waals surface area contributed by atoms with Crippen molar-refractivity contribution in [3.63, 3.8) is 0 Å². The van der Waals surface area contributed by atoms with Gasteiger partial charge in [-0.2, -0.15) is 0 Å². The molecule has 0 saturated heterocycles. The average molecular weight is 513 g/mol. The SMILES string of the molecule is c1ccc(P(c2ccccc2)c2ccccc2-n2ccnc2P(c2ccccc2)c2ccccc2)cc1. The van der Waals surface area contributed by atoms with Crippen molar-refractivity contribution in [1.82, 2.24) is 9.55 Å². The van der Waals surface area contributed by atoms with E-state index in [4.69, 9.17) is 4.98 Å². The van der Waals surface area contributed by atoms with Gasteiger partial charge in [-0.3, -0.25) is 4.57 Å². The first-order valence-electron chi connectivity index (χ1n) is 12.3. The van der Waals surface area contributed by atoms with Gasteiger partial charge in [0.2, 0.25) is 0 Å². The van der Waals surface area contributed by atoms with E-state index in [9.17, 15) is 0 Å². The Morgan fingerprint density at radius 1 is 0.432 bits per heavy atom. The molecule has 0 aliphatic heterocycles. The number of imidazole rings is 1. The Kier molecular flexibility index (Phi) is 7.04. The Bertz CT molecular complexity index is 1490. The predicted molar refractivity (Wildman–Crippen MR) is 161 cm³/mol. The van der Waals surface area contributed by atoms with Crippen molar-refractivity contribution >= 4 is 47.9 Å². The van der Waals surface area contributed by atoms with E-state index in [0.29, 0.717) is 0 Å². The molecule has 0 atom stereocenters. The molecule has 0 unspecified atom stereocenters. The van der Waals surface area contributed by atoms with E-state index in [1.807, 2.05) is 6.20 Å². The monoisotopic (exact) mass is 512 g/mol. The molecule has 6 rings (SSSR count). The van der Waals surface area contributed by atoms with Gasteiger partial charge in [0, 0.05) is 25.6 Å². The molecule has 4 heteroatoms. The second-order valence-corrected chi connectivity index (χ2v) is 12.9. The summed E-state index contributed by atoms with van der Waals surface area (Å²) in [5.41, 5.74) is 2.27. The lowest BCUT2D eigenvalue weighted by atomic mass is 10.3. The maximum Gasteiger partial charge on any atom is 0.145 e. The number of rotatable bonds is 7. The molecule has 0 aliphatic rings. The van der Waals surface area contributed by atoms with Crippen molar-refractivity contribution in [3.8, 4) is 5.69 Å². The third-order valence-electron chi connectivity index (χ3n) is 6.26. The molecule has 2 nitrogen and oxygen atoms in total. The fourth-order valence-electron chi connectivity index (χ4n) is 4.62. The summed E-state index contributed by atoms with van der Waals surface area (Å²) >= 11 is 0. The molecule has 178 valence electrons. The van der Waals surface area contributed by atoms with E-state index in [1.54, 1.807) is 0 Å². The van der Waals surface area contributed by atoms with Crippen LogP contribution in [0.25, 0.3) is 5.69 Å². The molecule has 0 N–H and O–H groups in total. The van der Waals surface area contributed by atoms with Gasteiger partial charge >= 0.3 is 0 Å². The van der Waals surface area contributed by atoms with Crippen LogP contribution in [0.3, 0.4) is 0 Å². The van der Waals surface area contributed by atoms with Gasteiger partial charge in [0.25, 0.3) is 0 Å². The van der Waals surface area contributed by atoms with Crippen LogP contribution in [0.15, 0.2) is 158 Å². The second kappa shape index (κ2) is 11.1. The molecular formula is C33H26N2P2. The molecule has 0 saturated carbocycles. The minimum absolute atomic E-state index is 0.753. The molecule has 1 heterocycles. The molecule has 1 aromatic heterocycles. The first-order chi connectivity index (χ1) is 18.4. The summed E-state index contributed by atoms with van der Waals surface area (Å²) in [7, 11) is -1.59. The topological polar surface area (TPSA) is 17.8 Å². The lowest BCUT2D eigenvalue weighted by Gasteiger charge is -2.25. The second-order valence-electron chi connectivity index (χ2n) is 8.60. The van der Waals surface area contributed by atoms with Crippen molar-refractivity contribution in [1.29, 1.82) is 0 Å². The summed E-state index contributed by atoms with van der Waals surface area (Å²) in [4.78, 5) is 4.99. The lowest BCUT2D eigenvalue weighted by molar-refractivity contribution is 1.12. The number of hydrogen-bond acceptors (Lipinski definition) is 1. The normalized spacial score (nSPS) is 11.2. The highest BCUT2D eigenvalue weighted by Crippen LogP contribution is 2.37. The minimum atomic E-state index is -0.834. The van der Waals surface area contributed by atoms with Gasteiger partial charge in [0.1, 0.15) is 5.57 Å². The van der Waals surface area contributed by atoms with Crippen molar-refractivity contribution < 1.29 is 0 Å². The van der Waals surface area contributed by atoms with Crippen molar-refractivity contribution in [3.05, 3.63) is 158 Å². The number of benzene rings is 5. The van der Waals surface area contributed by atoms with Crippen LogP contribution in [0, 0.1) is 0 Å². The molecular weight excluding hydrogens is 486 g/mol. The minimum Gasteiger partial charge on any atom is -0.299 e. The van der Waals surface area contributed by atoms with Gasteiger partial charge < -0.3 is 0 Å². The molecule has 6 aromatic rings. The molecule has 0 radical (unpaired) electrons. The highest BCUT2D eigenvalue weighted by molar-refractivity contribution is 7.80. The Morgan fingerprint density at radius 3 is 1.32 bits per heavy atom. The van der Waals surface area contributed by atoms with Crippen molar-refractivity contribution in [2.75, 3.05) is 0 Å². The van der Waals surface area contributed by atoms with Crippen molar-refractivity contribution in [2.45, 2.75) is 0 Å². The first kappa shape index (κ1) is 23.6. The fraction of sp³-hybridized carbons (Fsp3) is 0. The summed E-state index contributed by atoms with van der Waals surface area (Å²) in [5, 5.41) is 6.59. The van der Waals surface area contributed by atoms with Gasteiger partial charge in [0.15, 0.2) is 0 Å². The maximum absolute atomic E-state index is 4.99. The predicted octanol–water partition coefficient (Wildman–Crippen LogP) is 5.39. The number of para-hydroxylation sites is 1. The Labute approximate surface area is 220 Å². The smallest absolute Gasteiger partial charge is 0.145 e. The largest absolute Gasteiger partial charge is 0.299 e. The third-order valence-corrected chi connectivity index (χ3v) is 11.1. The van der Waals surface area contributed by atoms with Crippen molar-refractivity contribution in [2.24, 2.45) is 0 Å². The van der Waals surface area contributed by atoms with Crippen LogP contribution in [0.2, 0.25) is 0 Å². The van der Waals surface area contributed by atoms with Crippen LogP contribution < -0.4 is 32.1 Å². The van der Waals surface area contributed by atoms with Gasteiger partial charge in [-0.1, -0.05) is 140 Å². The quantitative estimate of drug-likeness (QED) is 0.263. The summed E-state index contributed by atoms with van der Waals surface area (Å²) < 4.78 is 2.32. The van der Waals surface area contributed by atoms with Crippen LogP contribution in [0.1, 0.15) is 0 Å². The number of aromatic nitrogens is 2. The fourth-order valence-corrected chi connectivity index (χ4v) is 9.34. The standard InChI is InChI=1S/C33H26N2P2/c1-5-15-27(16-6-1)36(28-17-7-2-8-18-28)32-24-14-13-23-31(32)35-26-25-34-33(35)37(29-19-9-3-10-20-29)30-21-11-4-12-22-30/h1-26H. The number of nitrogens with zero attached hydrogens (tertiary/aromatic N) is 2. The molecule has 0 aliphatic carbocycles. The van der Waals surface area contributed by atoms with Crippen LogP contribution >= 0.6 is 15.8 Å². The Balaban J connectivity index is 1.55. The van der Waals surface area contributed by atoms with E-state index in [0.717, 1.165) is 5.57 Å². The zero-order valence-electron chi connectivity index (χ0n) is 20.3. The highest BCUT2D eigenvalue weighted by Gasteiger charge is 2.25. The third kappa shape index (κ3) is 4.92. The first-order valence-corrected chi connectivity index (χ1v) is 15.0. The molecule has 5 aromatic carbocycles. The highest BCUT2D eigenvalue weighted by atomic mass is 31.1. The molecule has 0 bridgehead atoms. The zero-order valence-corrected chi connectivity index (χ0v) is 22.1. The summed E-state index contributed by atoms with van der Waals surface area (Å²) in [6, 6.07) is 52.2. The van der Waals surface area contributed by atoms with E-state index < -0.39 is 15.8 Å². The van der Waals surface area contributed by atoms with E-state index in [1.165, 1.54) is 32.2 Å². The summed E-state index contributed by atoms with van der Waals surface area (Å²) in [6.07, 6.45) is 4.07. The summed E-state index contributed by atoms with van der Waals surface area (Å²) in [6.45, 7) is 0. The lowest BCUT2D eigenvalue weighted by Crippen LogP contribution is -2.30. The van der Waals surface area contributed by atoms with Crippen LogP contribution in [0.4, 0.5) is 0 Å². The molecule has 0 spiro atoms. The Hall–Kier alpha value is -3.83. The van der Waals surface area contributed by atoms with Gasteiger partial charge in [-0.25, -0.2) is 4.98 Å². The van der Waals surface area contributed by atoms with Crippen LogP contribution in [-0.2, 0) is 0 Å². The zero-order chi connectivity index (χ0) is 24.9. The average Bonchev–Trinajstić information content (AvgIpc) is 3.45. The Morgan fingerprint density at radius 2 is 0.838 bits per heavy atom. The maximum atomic E-state index is 4.99. The van der Waals surface area contributed by atoms with Gasteiger partial charge in [-0.15, -0.1) is 0 Å². The van der Waals surface area contributed by atoms with Gasteiger partial charge in [-0.05, 0) is 35.2 Å². The number of hydrogen-bond donors (Lipinski definition) is 0. The van der Waals surface area contributed by atoms with Crippen LogP contribution in [-0.4, -0.2) is 9.55 Å². The molecule has 37 heavy (non-hydrogen) atoms. The van der Waals surface area contributed by atoms with Crippen LogP contribution in [0.5, 0.6) is 0 Å². The molecule has 0 amide bonds. The van der Waals surface area contributed by atoms with E-state index in [-0.39, 0.29) is 0 Å². The molecule has 0 fully saturated rings. The van der Waals surface area contributed by atoms with E-state index in [2.05, 4.69) is 156 Å².